The highest BCUT2D eigenvalue weighted by atomic mass is 15.2. The molecule has 4 aliphatic carbocycles. The number of para-hydroxylation sites is 1. The molecule has 1 aromatic carbocycles. The predicted octanol–water partition coefficient (Wildman–Crippen LogP) is 3.49. The average Bonchev–Trinajstić information content (AvgIpc) is 2.46. The van der Waals surface area contributed by atoms with E-state index in [1.165, 1.54) is 38.5 Å². The van der Waals surface area contributed by atoms with Crippen molar-refractivity contribution in [3.05, 3.63) is 30.3 Å². The van der Waals surface area contributed by atoms with E-state index in [4.69, 9.17) is 10.3 Å². The second kappa shape index (κ2) is 5.31. The molecule has 4 nitrogen and oxygen atoms in total. The number of nitrogens with zero attached hydrogens (tertiary/aromatic N) is 2. The molecule has 4 bridgehead atoms. The van der Waals surface area contributed by atoms with Gasteiger partial charge in [-0.2, -0.15) is 5.26 Å². The standard InChI is InChI=1S/C18H22N4/c19-12-20-17(21-16-4-2-1-3-5-16)22-18-9-13-6-14(10-18)8-15(7-13)11-18/h1-5,13-15H,6-11H2,(H2,20,21,22). The molecular formula is C18H22N4. The first-order chi connectivity index (χ1) is 10.7. The van der Waals surface area contributed by atoms with E-state index in [9.17, 15) is 0 Å². The zero-order chi connectivity index (χ0) is 15.0. The van der Waals surface area contributed by atoms with Crippen molar-refractivity contribution in [1.82, 2.24) is 5.32 Å². The summed E-state index contributed by atoms with van der Waals surface area (Å²) in [7, 11) is 0. The Kier molecular flexibility index (Phi) is 3.29. The first-order valence-electron chi connectivity index (χ1n) is 8.32. The molecular weight excluding hydrogens is 272 g/mol. The zero-order valence-electron chi connectivity index (χ0n) is 12.8. The molecule has 0 aliphatic heterocycles. The summed E-state index contributed by atoms with van der Waals surface area (Å²) in [6.07, 6.45) is 9.84. The number of rotatable bonds is 2. The summed E-state index contributed by atoms with van der Waals surface area (Å²) in [4.78, 5) is 5.02. The maximum absolute atomic E-state index is 9.05. The van der Waals surface area contributed by atoms with Crippen molar-refractivity contribution in [2.45, 2.75) is 44.1 Å². The third-order valence-electron chi connectivity index (χ3n) is 5.57. The fourth-order valence-corrected chi connectivity index (χ4v) is 5.24. The minimum atomic E-state index is 0.0652. The Balaban J connectivity index is 1.59. The Morgan fingerprint density at radius 1 is 1.05 bits per heavy atom. The second-order valence-electron chi connectivity index (χ2n) is 7.33. The number of benzene rings is 1. The summed E-state index contributed by atoms with van der Waals surface area (Å²) < 4.78 is 0. The van der Waals surface area contributed by atoms with Crippen molar-refractivity contribution in [2.24, 2.45) is 22.7 Å². The molecule has 5 rings (SSSR count). The van der Waals surface area contributed by atoms with Gasteiger partial charge in [-0.25, -0.2) is 4.99 Å². The highest BCUT2D eigenvalue weighted by Crippen LogP contribution is 2.57. The zero-order valence-corrected chi connectivity index (χ0v) is 12.8. The van der Waals surface area contributed by atoms with Gasteiger partial charge in [0.2, 0.25) is 5.96 Å². The molecule has 0 amide bonds. The van der Waals surface area contributed by atoms with E-state index >= 15 is 0 Å². The maximum atomic E-state index is 9.05. The Bertz CT molecular complexity index is 578. The number of nitrogens with one attached hydrogen (secondary N) is 2. The predicted molar refractivity (Wildman–Crippen MR) is 87.2 cm³/mol. The van der Waals surface area contributed by atoms with Crippen LogP contribution in [0.3, 0.4) is 0 Å². The molecule has 4 aliphatic rings. The van der Waals surface area contributed by atoms with E-state index in [2.05, 4.69) is 10.6 Å². The average molecular weight is 294 g/mol. The van der Waals surface area contributed by atoms with Crippen molar-refractivity contribution in [2.75, 3.05) is 5.32 Å². The van der Waals surface area contributed by atoms with E-state index in [-0.39, 0.29) is 5.54 Å². The summed E-state index contributed by atoms with van der Waals surface area (Å²) in [5, 5.41) is 15.1. The molecule has 0 radical (unpaired) electrons. The lowest BCUT2D eigenvalue weighted by atomic mass is 9.53. The third kappa shape index (κ3) is 2.56. The van der Waals surface area contributed by atoms with Crippen molar-refractivity contribution < 1.29 is 0 Å². The highest BCUT2D eigenvalue weighted by molar-refractivity contribution is 5.94. The molecule has 0 spiro atoms. The van der Waals surface area contributed by atoms with E-state index in [1.807, 2.05) is 36.5 Å². The van der Waals surface area contributed by atoms with Gasteiger partial charge in [0.1, 0.15) is 0 Å². The summed E-state index contributed by atoms with van der Waals surface area (Å²) >= 11 is 0. The molecule has 0 saturated heterocycles. The molecule has 0 atom stereocenters. The second-order valence-corrected chi connectivity index (χ2v) is 7.33. The molecule has 0 heterocycles. The summed E-state index contributed by atoms with van der Waals surface area (Å²) in [6, 6.07) is 9.94. The molecule has 4 heteroatoms. The van der Waals surface area contributed by atoms with Crippen LogP contribution in [0.4, 0.5) is 5.69 Å². The first-order valence-corrected chi connectivity index (χ1v) is 8.32. The maximum Gasteiger partial charge on any atom is 0.209 e. The number of hydrogen-bond donors (Lipinski definition) is 2. The lowest BCUT2D eigenvalue weighted by Gasteiger charge is -2.55. The molecule has 4 fully saturated rings. The van der Waals surface area contributed by atoms with Gasteiger partial charge in [0.25, 0.3) is 0 Å². The summed E-state index contributed by atoms with van der Waals surface area (Å²) in [5.41, 5.74) is 1.03. The van der Waals surface area contributed by atoms with Crippen LogP contribution in [0.1, 0.15) is 38.5 Å². The van der Waals surface area contributed by atoms with Gasteiger partial charge < -0.3 is 5.32 Å². The topological polar surface area (TPSA) is 60.2 Å². The SMILES string of the molecule is N#CNC(=NC12CC3CC(CC(C3)C1)C2)Nc1ccccc1. The van der Waals surface area contributed by atoms with Gasteiger partial charge >= 0.3 is 0 Å². The van der Waals surface area contributed by atoms with Crippen LogP contribution in [0.15, 0.2) is 35.3 Å². The number of nitriles is 1. The third-order valence-corrected chi connectivity index (χ3v) is 5.57. The smallest absolute Gasteiger partial charge is 0.209 e. The summed E-state index contributed by atoms with van der Waals surface area (Å²) in [5.74, 6) is 3.18. The Morgan fingerprint density at radius 2 is 1.64 bits per heavy atom. The van der Waals surface area contributed by atoms with Gasteiger partial charge in [-0.3, -0.25) is 5.32 Å². The summed E-state index contributed by atoms with van der Waals surface area (Å²) in [6.45, 7) is 0. The minimum absolute atomic E-state index is 0.0652. The number of guanidine groups is 1. The Morgan fingerprint density at radius 3 is 2.18 bits per heavy atom. The van der Waals surface area contributed by atoms with Crippen LogP contribution in [-0.4, -0.2) is 11.5 Å². The van der Waals surface area contributed by atoms with Crippen molar-refractivity contribution in [3.8, 4) is 6.19 Å². The van der Waals surface area contributed by atoms with Gasteiger partial charge in [-0.05, 0) is 68.4 Å². The number of aliphatic imine (C=N–C) groups is 1. The van der Waals surface area contributed by atoms with Crippen molar-refractivity contribution >= 4 is 11.6 Å². The first kappa shape index (κ1) is 13.6. The van der Waals surface area contributed by atoms with Gasteiger partial charge in [0.15, 0.2) is 6.19 Å². The van der Waals surface area contributed by atoms with Crippen molar-refractivity contribution in [1.29, 1.82) is 5.26 Å². The highest BCUT2D eigenvalue weighted by Gasteiger charge is 2.51. The van der Waals surface area contributed by atoms with Gasteiger partial charge in [-0.1, -0.05) is 18.2 Å². The number of hydrogen-bond acceptors (Lipinski definition) is 2. The van der Waals surface area contributed by atoms with Crippen molar-refractivity contribution in [3.63, 3.8) is 0 Å². The quantitative estimate of drug-likeness (QED) is 0.380. The van der Waals surface area contributed by atoms with Crippen LogP contribution in [0, 0.1) is 29.2 Å². The molecule has 2 N–H and O–H groups in total. The molecule has 4 saturated carbocycles. The normalized spacial score (nSPS) is 36.0. The fourth-order valence-electron chi connectivity index (χ4n) is 5.24. The van der Waals surface area contributed by atoms with Crippen LogP contribution in [-0.2, 0) is 0 Å². The van der Waals surface area contributed by atoms with E-state index in [1.54, 1.807) is 0 Å². The lowest BCUT2D eigenvalue weighted by Crippen LogP contribution is -2.50. The van der Waals surface area contributed by atoms with E-state index in [0.717, 1.165) is 23.4 Å². The minimum Gasteiger partial charge on any atom is -0.326 e. The van der Waals surface area contributed by atoms with Gasteiger partial charge in [-0.15, -0.1) is 0 Å². The molecule has 0 unspecified atom stereocenters. The van der Waals surface area contributed by atoms with Crippen LogP contribution < -0.4 is 10.6 Å². The molecule has 22 heavy (non-hydrogen) atoms. The number of anilines is 1. The Labute approximate surface area is 131 Å². The van der Waals surface area contributed by atoms with Crippen LogP contribution >= 0.6 is 0 Å². The Hall–Kier alpha value is -2.02. The van der Waals surface area contributed by atoms with Crippen LogP contribution in [0.5, 0.6) is 0 Å². The monoisotopic (exact) mass is 294 g/mol. The van der Waals surface area contributed by atoms with Gasteiger partial charge in [0.05, 0.1) is 5.54 Å². The van der Waals surface area contributed by atoms with Crippen LogP contribution in [0.25, 0.3) is 0 Å². The molecule has 114 valence electrons. The molecule has 0 aromatic heterocycles. The molecule has 1 aromatic rings. The van der Waals surface area contributed by atoms with E-state index in [0.29, 0.717) is 5.96 Å². The lowest BCUT2D eigenvalue weighted by molar-refractivity contribution is 0.00157. The largest absolute Gasteiger partial charge is 0.326 e. The van der Waals surface area contributed by atoms with Gasteiger partial charge in [0, 0.05) is 5.69 Å². The van der Waals surface area contributed by atoms with E-state index < -0.39 is 0 Å². The fraction of sp³-hybridized carbons (Fsp3) is 0.556. The van der Waals surface area contributed by atoms with Crippen LogP contribution in [0.2, 0.25) is 0 Å².